The molecule has 0 bridgehead atoms. The van der Waals surface area contributed by atoms with Gasteiger partial charge in [-0.25, -0.2) is 9.97 Å². The van der Waals surface area contributed by atoms with Crippen LogP contribution in [0.2, 0.25) is 0 Å². The van der Waals surface area contributed by atoms with E-state index in [1.54, 1.807) is 6.33 Å². The average molecular weight is 575 g/mol. The van der Waals surface area contributed by atoms with Crippen molar-refractivity contribution in [3.8, 4) is 11.6 Å². The first-order valence-corrected chi connectivity index (χ1v) is 15.2. The van der Waals surface area contributed by atoms with Crippen molar-refractivity contribution < 1.29 is 0 Å². The maximum absolute atomic E-state index is 4.86. The summed E-state index contributed by atoms with van der Waals surface area (Å²) in [5.41, 5.74) is 9.32. The summed E-state index contributed by atoms with van der Waals surface area (Å²) in [7, 11) is 0. The van der Waals surface area contributed by atoms with E-state index in [4.69, 9.17) is 9.97 Å². The molecule has 0 amide bonds. The number of aromatic nitrogens is 4. The Morgan fingerprint density at radius 2 is 0.864 bits per heavy atom. The van der Waals surface area contributed by atoms with E-state index in [-0.39, 0.29) is 10.8 Å². The number of benzene rings is 4. The Morgan fingerprint density at radius 3 is 1.23 bits per heavy atom. The molecule has 4 aromatic carbocycles. The lowest BCUT2D eigenvalue weighted by Crippen LogP contribution is -2.10. The number of fused-ring (bicyclic) bond motifs is 6. The van der Waals surface area contributed by atoms with Gasteiger partial charge in [-0.1, -0.05) is 91.1 Å². The quantitative estimate of drug-likeness (QED) is 0.210. The molecule has 7 aromatic rings. The van der Waals surface area contributed by atoms with E-state index in [1.165, 1.54) is 21.9 Å². The van der Waals surface area contributed by atoms with Gasteiger partial charge in [0.2, 0.25) is 0 Å². The smallest absolute Gasteiger partial charge is 0.143 e. The molecule has 0 N–H and O–H groups in total. The van der Waals surface area contributed by atoms with Gasteiger partial charge in [-0.3, -0.25) is 9.13 Å². The van der Waals surface area contributed by atoms with E-state index >= 15 is 0 Å². The third-order valence-corrected chi connectivity index (χ3v) is 8.88. The van der Waals surface area contributed by atoms with Gasteiger partial charge in [0.1, 0.15) is 18.0 Å². The Hall–Kier alpha value is -4.96. The van der Waals surface area contributed by atoms with Crippen molar-refractivity contribution >= 4 is 55.8 Å². The number of hydrogen-bond acceptors (Lipinski definition) is 2. The molecule has 218 valence electrons. The van der Waals surface area contributed by atoms with E-state index in [2.05, 4.69) is 143 Å². The van der Waals surface area contributed by atoms with Gasteiger partial charge in [0, 0.05) is 27.6 Å². The van der Waals surface area contributed by atoms with Crippen molar-refractivity contribution in [3.05, 3.63) is 121 Å². The first kappa shape index (κ1) is 27.8. The van der Waals surface area contributed by atoms with Crippen LogP contribution in [0.1, 0.15) is 63.8 Å². The highest BCUT2D eigenvalue weighted by atomic mass is 15.1. The molecule has 0 saturated heterocycles. The van der Waals surface area contributed by atoms with Crippen LogP contribution in [0.3, 0.4) is 0 Å². The van der Waals surface area contributed by atoms with Gasteiger partial charge in [0.25, 0.3) is 0 Å². The van der Waals surface area contributed by atoms with E-state index in [0.29, 0.717) is 0 Å². The Labute approximate surface area is 259 Å². The average Bonchev–Trinajstić information content (AvgIpc) is 3.51. The highest BCUT2D eigenvalue weighted by molar-refractivity contribution is 6.11. The molecule has 0 spiro atoms. The molecule has 0 atom stereocenters. The largest absolute Gasteiger partial charge is 0.294 e. The molecule has 4 nitrogen and oxygen atoms in total. The van der Waals surface area contributed by atoms with Crippen LogP contribution in [-0.4, -0.2) is 19.1 Å². The van der Waals surface area contributed by atoms with Gasteiger partial charge in [-0.15, -0.1) is 0 Å². The summed E-state index contributed by atoms with van der Waals surface area (Å²) in [6.07, 6.45) is 5.46. The maximum Gasteiger partial charge on any atom is 0.143 e. The first-order chi connectivity index (χ1) is 21.0. The van der Waals surface area contributed by atoms with E-state index in [9.17, 15) is 0 Å². The molecule has 0 aliphatic carbocycles. The molecule has 0 aliphatic rings. The monoisotopic (exact) mass is 574 g/mol. The Morgan fingerprint density at radius 1 is 0.500 bits per heavy atom. The number of rotatable bonds is 4. The minimum absolute atomic E-state index is 0.0415. The summed E-state index contributed by atoms with van der Waals surface area (Å²) in [6, 6.07) is 28.8. The fraction of sp³-hybridized carbons (Fsp3) is 0.200. The standard InChI is InChI=1S/C40H38N4/c1-9-25-11-15-33-29(19-25)30-20-26(10-2)12-16-34(30)43(33)37-23-38(42-24-41-37)44-35-17-13-27(39(3,4)5)21-31(35)32-22-28(40(6,7)8)14-18-36(32)44/h9-24H,1-2H2,3-8H3. The Kier molecular flexibility index (Phi) is 6.19. The molecule has 0 unspecified atom stereocenters. The van der Waals surface area contributed by atoms with Gasteiger partial charge in [0.15, 0.2) is 0 Å². The molecule has 7 rings (SSSR count). The normalized spacial score (nSPS) is 12.5. The van der Waals surface area contributed by atoms with Crippen LogP contribution in [0.15, 0.2) is 98.3 Å². The molecule has 0 fully saturated rings. The summed E-state index contributed by atoms with van der Waals surface area (Å²) in [4.78, 5) is 9.69. The van der Waals surface area contributed by atoms with Crippen LogP contribution in [-0.2, 0) is 10.8 Å². The third-order valence-electron chi connectivity index (χ3n) is 8.88. The van der Waals surface area contributed by atoms with Crippen molar-refractivity contribution in [1.29, 1.82) is 0 Å². The molecule has 4 heteroatoms. The van der Waals surface area contributed by atoms with E-state index in [0.717, 1.165) is 55.6 Å². The van der Waals surface area contributed by atoms with Crippen LogP contribution >= 0.6 is 0 Å². The maximum atomic E-state index is 4.86. The van der Waals surface area contributed by atoms with Gasteiger partial charge in [-0.2, -0.15) is 0 Å². The minimum atomic E-state index is 0.0415. The summed E-state index contributed by atoms with van der Waals surface area (Å²) in [6.45, 7) is 21.6. The van der Waals surface area contributed by atoms with Gasteiger partial charge in [0.05, 0.1) is 22.1 Å². The number of nitrogens with zero attached hydrogens (tertiary/aromatic N) is 4. The fourth-order valence-electron chi connectivity index (χ4n) is 6.34. The van der Waals surface area contributed by atoms with E-state index < -0.39 is 0 Å². The molecule has 3 heterocycles. The Balaban J connectivity index is 1.52. The lowest BCUT2D eigenvalue weighted by Gasteiger charge is -2.19. The zero-order valence-electron chi connectivity index (χ0n) is 26.4. The summed E-state index contributed by atoms with van der Waals surface area (Å²) < 4.78 is 4.52. The second kappa shape index (κ2) is 9.78. The number of hydrogen-bond donors (Lipinski definition) is 0. The molecule has 0 saturated carbocycles. The lowest BCUT2D eigenvalue weighted by molar-refractivity contribution is 0.590. The molecule has 3 aromatic heterocycles. The highest BCUT2D eigenvalue weighted by Crippen LogP contribution is 2.38. The SMILES string of the molecule is C=Cc1ccc2c(c1)c1cc(C=C)ccc1n2-c1cc(-n2c3ccc(C(C)(C)C)cc3c3cc(C(C)(C)C)ccc32)ncn1. The third kappa shape index (κ3) is 4.36. The Bertz CT molecular complexity index is 2140. The van der Waals surface area contributed by atoms with Crippen molar-refractivity contribution in [1.82, 2.24) is 19.1 Å². The van der Waals surface area contributed by atoms with Crippen LogP contribution in [0, 0.1) is 0 Å². The molecule has 0 radical (unpaired) electrons. The second-order valence-corrected chi connectivity index (χ2v) is 13.8. The van der Waals surface area contributed by atoms with Gasteiger partial charge < -0.3 is 0 Å². The minimum Gasteiger partial charge on any atom is -0.294 e. The fourth-order valence-corrected chi connectivity index (χ4v) is 6.34. The molecular formula is C40H38N4. The summed E-state index contributed by atoms with van der Waals surface area (Å²) in [5, 5.41) is 4.79. The van der Waals surface area contributed by atoms with Crippen LogP contribution in [0.25, 0.3) is 67.4 Å². The highest BCUT2D eigenvalue weighted by Gasteiger charge is 2.22. The summed E-state index contributed by atoms with van der Waals surface area (Å²) in [5.74, 6) is 1.66. The predicted molar refractivity (Wildman–Crippen MR) is 188 cm³/mol. The van der Waals surface area contributed by atoms with Gasteiger partial charge >= 0.3 is 0 Å². The molecule has 44 heavy (non-hydrogen) atoms. The van der Waals surface area contributed by atoms with Gasteiger partial charge in [-0.05, 0) is 81.6 Å². The van der Waals surface area contributed by atoms with Crippen molar-refractivity contribution in [2.24, 2.45) is 0 Å². The molecular weight excluding hydrogens is 536 g/mol. The van der Waals surface area contributed by atoms with Crippen LogP contribution < -0.4 is 0 Å². The molecule has 0 aliphatic heterocycles. The summed E-state index contributed by atoms with van der Waals surface area (Å²) >= 11 is 0. The van der Waals surface area contributed by atoms with Crippen LogP contribution in [0.5, 0.6) is 0 Å². The lowest BCUT2D eigenvalue weighted by atomic mass is 9.85. The first-order valence-electron chi connectivity index (χ1n) is 15.2. The zero-order chi connectivity index (χ0) is 31.0. The second-order valence-electron chi connectivity index (χ2n) is 13.8. The predicted octanol–water partition coefficient (Wildman–Crippen LogP) is 10.6. The van der Waals surface area contributed by atoms with Crippen molar-refractivity contribution in [3.63, 3.8) is 0 Å². The van der Waals surface area contributed by atoms with Crippen molar-refractivity contribution in [2.75, 3.05) is 0 Å². The topological polar surface area (TPSA) is 35.6 Å². The van der Waals surface area contributed by atoms with Crippen LogP contribution in [0.4, 0.5) is 0 Å². The van der Waals surface area contributed by atoms with Crippen molar-refractivity contribution in [2.45, 2.75) is 52.4 Å². The van der Waals surface area contributed by atoms with E-state index in [1.807, 2.05) is 12.2 Å². The zero-order valence-corrected chi connectivity index (χ0v) is 26.4.